The molecule has 2 heteroatoms. The third-order valence-electron chi connectivity index (χ3n) is 3.97. The Morgan fingerprint density at radius 3 is 2.50 bits per heavy atom. The lowest BCUT2D eigenvalue weighted by molar-refractivity contribution is 0.376. The Labute approximate surface area is 116 Å². The lowest BCUT2D eigenvalue weighted by Gasteiger charge is -2.26. The van der Waals surface area contributed by atoms with Crippen molar-refractivity contribution < 1.29 is 0 Å². The second-order valence-electron chi connectivity index (χ2n) is 5.47. The third kappa shape index (κ3) is 4.33. The zero-order chi connectivity index (χ0) is 12.8. The average Bonchev–Trinajstić information content (AvgIpc) is 2.41. The lowest BCUT2D eigenvalue weighted by atomic mass is 9.91. The molecule has 1 unspecified atom stereocenters. The molecule has 1 nitrogen and oxygen atoms in total. The number of aryl methyl sites for hydroxylation is 1. The van der Waals surface area contributed by atoms with Gasteiger partial charge in [-0.25, -0.2) is 0 Å². The van der Waals surface area contributed by atoms with Gasteiger partial charge < -0.3 is 5.32 Å². The molecule has 1 aromatic rings. The minimum Gasteiger partial charge on any atom is -0.317 e. The Balaban J connectivity index is 1.86. The first-order chi connectivity index (χ1) is 8.78. The van der Waals surface area contributed by atoms with Crippen molar-refractivity contribution >= 4 is 11.8 Å². The molecule has 0 aromatic heterocycles. The van der Waals surface area contributed by atoms with Gasteiger partial charge in [0.25, 0.3) is 0 Å². The molecule has 1 N–H and O–H groups in total. The van der Waals surface area contributed by atoms with Crippen LogP contribution in [0.4, 0.5) is 0 Å². The fraction of sp³-hybridized carbons (Fsp3) is 0.625. The van der Waals surface area contributed by atoms with Crippen LogP contribution in [0.2, 0.25) is 0 Å². The Kier molecular flexibility index (Phi) is 5.58. The van der Waals surface area contributed by atoms with Crippen LogP contribution in [0.5, 0.6) is 0 Å². The van der Waals surface area contributed by atoms with Gasteiger partial charge >= 0.3 is 0 Å². The summed E-state index contributed by atoms with van der Waals surface area (Å²) in [5, 5.41) is 3.51. The van der Waals surface area contributed by atoms with E-state index in [1.165, 1.54) is 48.3 Å². The molecule has 0 amide bonds. The molecule has 0 bridgehead atoms. The molecular formula is C16H25NS. The van der Waals surface area contributed by atoms with Gasteiger partial charge in [-0.05, 0) is 62.6 Å². The molecule has 0 spiro atoms. The molecule has 1 fully saturated rings. The molecule has 100 valence electrons. The van der Waals surface area contributed by atoms with Crippen LogP contribution in [0.25, 0.3) is 0 Å². The first kappa shape index (κ1) is 14.0. The lowest BCUT2D eigenvalue weighted by Crippen LogP contribution is -2.31. The van der Waals surface area contributed by atoms with E-state index in [2.05, 4.69) is 55.3 Å². The molecular weight excluding hydrogens is 238 g/mol. The second kappa shape index (κ2) is 7.20. The van der Waals surface area contributed by atoms with Crippen molar-refractivity contribution in [3.8, 4) is 0 Å². The van der Waals surface area contributed by atoms with Crippen LogP contribution < -0.4 is 5.32 Å². The number of thioether (sulfide) groups is 1. The highest BCUT2D eigenvalue weighted by molar-refractivity contribution is 7.99. The summed E-state index contributed by atoms with van der Waals surface area (Å²) in [4.78, 5) is 0. The van der Waals surface area contributed by atoms with Gasteiger partial charge in [0.1, 0.15) is 0 Å². The number of hydrogen-bond donors (Lipinski definition) is 1. The third-order valence-corrected chi connectivity index (χ3v) is 5.02. The van der Waals surface area contributed by atoms with Gasteiger partial charge in [0.15, 0.2) is 0 Å². The minimum atomic E-state index is 0.640. The number of hydrogen-bond acceptors (Lipinski definition) is 2. The van der Waals surface area contributed by atoms with Gasteiger partial charge in [-0.15, -0.1) is 0 Å². The molecule has 0 saturated carbocycles. The van der Waals surface area contributed by atoms with E-state index in [1.807, 2.05) is 0 Å². The van der Waals surface area contributed by atoms with Crippen LogP contribution in [0.3, 0.4) is 0 Å². The Bertz CT molecular complexity index is 341. The van der Waals surface area contributed by atoms with E-state index in [4.69, 9.17) is 0 Å². The van der Waals surface area contributed by atoms with Gasteiger partial charge in [-0.3, -0.25) is 0 Å². The molecule has 1 heterocycles. The van der Waals surface area contributed by atoms with E-state index in [1.54, 1.807) is 0 Å². The standard InChI is InChI=1S/C16H25NS/c1-13-3-5-14(6-4-13)11-16(17-2)12-15-7-9-18-10-8-15/h3-6,15-17H,7-12H2,1-2H3. The van der Waals surface area contributed by atoms with E-state index in [0.717, 1.165) is 5.92 Å². The summed E-state index contributed by atoms with van der Waals surface area (Å²) in [6.45, 7) is 2.15. The van der Waals surface area contributed by atoms with Crippen molar-refractivity contribution in [2.45, 2.75) is 38.6 Å². The van der Waals surface area contributed by atoms with Crippen molar-refractivity contribution in [2.24, 2.45) is 5.92 Å². The molecule has 0 radical (unpaired) electrons. The Morgan fingerprint density at radius 1 is 1.22 bits per heavy atom. The predicted molar refractivity (Wildman–Crippen MR) is 82.4 cm³/mol. The van der Waals surface area contributed by atoms with Gasteiger partial charge in [0, 0.05) is 6.04 Å². The highest BCUT2D eigenvalue weighted by Crippen LogP contribution is 2.27. The Morgan fingerprint density at radius 2 is 1.89 bits per heavy atom. The topological polar surface area (TPSA) is 12.0 Å². The maximum absolute atomic E-state index is 3.51. The van der Waals surface area contributed by atoms with Crippen LogP contribution in [-0.2, 0) is 6.42 Å². The van der Waals surface area contributed by atoms with Crippen LogP contribution in [0.15, 0.2) is 24.3 Å². The van der Waals surface area contributed by atoms with E-state index < -0.39 is 0 Å². The highest BCUT2D eigenvalue weighted by atomic mass is 32.2. The molecule has 2 rings (SSSR count). The summed E-state index contributed by atoms with van der Waals surface area (Å²) in [5.74, 6) is 3.67. The van der Waals surface area contributed by atoms with Crippen LogP contribution in [0.1, 0.15) is 30.4 Å². The molecule has 18 heavy (non-hydrogen) atoms. The zero-order valence-corrected chi connectivity index (χ0v) is 12.4. The van der Waals surface area contributed by atoms with E-state index in [0.29, 0.717) is 6.04 Å². The molecule has 1 aromatic carbocycles. The van der Waals surface area contributed by atoms with Gasteiger partial charge in [-0.2, -0.15) is 11.8 Å². The quantitative estimate of drug-likeness (QED) is 0.870. The second-order valence-corrected chi connectivity index (χ2v) is 6.69. The molecule has 1 aliphatic heterocycles. The van der Waals surface area contributed by atoms with Crippen LogP contribution >= 0.6 is 11.8 Å². The SMILES string of the molecule is CNC(Cc1ccc(C)cc1)CC1CCSCC1. The van der Waals surface area contributed by atoms with Gasteiger partial charge in [0.05, 0.1) is 0 Å². The number of nitrogens with one attached hydrogen (secondary N) is 1. The largest absolute Gasteiger partial charge is 0.317 e. The minimum absolute atomic E-state index is 0.640. The van der Waals surface area contributed by atoms with E-state index >= 15 is 0 Å². The van der Waals surface area contributed by atoms with Crippen molar-refractivity contribution in [3.05, 3.63) is 35.4 Å². The van der Waals surface area contributed by atoms with Crippen molar-refractivity contribution in [1.82, 2.24) is 5.32 Å². The normalized spacial score (nSPS) is 18.8. The monoisotopic (exact) mass is 263 g/mol. The summed E-state index contributed by atoms with van der Waals surface area (Å²) in [5.41, 5.74) is 2.81. The number of benzene rings is 1. The maximum Gasteiger partial charge on any atom is 0.0107 e. The fourth-order valence-corrected chi connectivity index (χ4v) is 3.90. The summed E-state index contributed by atoms with van der Waals surface area (Å²) in [6.07, 6.45) is 5.33. The Hall–Kier alpha value is -0.470. The molecule has 0 aliphatic carbocycles. The molecule has 1 aliphatic rings. The maximum atomic E-state index is 3.51. The van der Waals surface area contributed by atoms with Crippen LogP contribution in [-0.4, -0.2) is 24.6 Å². The van der Waals surface area contributed by atoms with Gasteiger partial charge in [-0.1, -0.05) is 29.8 Å². The smallest absolute Gasteiger partial charge is 0.0107 e. The van der Waals surface area contributed by atoms with Crippen molar-refractivity contribution in [2.75, 3.05) is 18.6 Å². The molecule has 1 atom stereocenters. The molecule has 1 saturated heterocycles. The summed E-state index contributed by atoms with van der Waals surface area (Å²) in [7, 11) is 2.11. The number of rotatable bonds is 5. The van der Waals surface area contributed by atoms with Crippen molar-refractivity contribution in [3.63, 3.8) is 0 Å². The zero-order valence-electron chi connectivity index (χ0n) is 11.6. The average molecular weight is 263 g/mol. The van der Waals surface area contributed by atoms with Crippen molar-refractivity contribution in [1.29, 1.82) is 0 Å². The van der Waals surface area contributed by atoms with Crippen LogP contribution in [0, 0.1) is 12.8 Å². The van der Waals surface area contributed by atoms with E-state index in [9.17, 15) is 0 Å². The predicted octanol–water partition coefficient (Wildman–Crippen LogP) is 3.66. The summed E-state index contributed by atoms with van der Waals surface area (Å²) in [6, 6.07) is 9.63. The highest BCUT2D eigenvalue weighted by Gasteiger charge is 2.18. The summed E-state index contributed by atoms with van der Waals surface area (Å²) >= 11 is 2.12. The summed E-state index contributed by atoms with van der Waals surface area (Å²) < 4.78 is 0. The van der Waals surface area contributed by atoms with E-state index in [-0.39, 0.29) is 0 Å². The first-order valence-corrected chi connectivity index (χ1v) is 8.24. The van der Waals surface area contributed by atoms with Gasteiger partial charge in [0.2, 0.25) is 0 Å². The number of likely N-dealkylation sites (N-methyl/N-ethyl adjacent to an activating group) is 1. The fourth-order valence-electron chi connectivity index (χ4n) is 2.70. The first-order valence-electron chi connectivity index (χ1n) is 7.08.